The first-order chi connectivity index (χ1) is 8.66. The maximum Gasteiger partial charge on any atom is 0.323 e. The molecule has 0 aliphatic heterocycles. The molecule has 0 spiro atoms. The van der Waals surface area contributed by atoms with E-state index < -0.39 is 25.4 Å². The summed E-state index contributed by atoms with van der Waals surface area (Å²) in [6, 6.07) is 2.18. The molecule has 0 aromatic heterocycles. The predicted octanol–water partition coefficient (Wildman–Crippen LogP) is 2.32. The van der Waals surface area contributed by atoms with Gasteiger partial charge in [-0.05, 0) is 18.9 Å². The van der Waals surface area contributed by atoms with E-state index >= 15 is 0 Å². The normalized spacial score (nSPS) is 19.3. The van der Waals surface area contributed by atoms with Crippen LogP contribution in [-0.4, -0.2) is 34.2 Å². The van der Waals surface area contributed by atoms with Crippen LogP contribution in [0.1, 0.15) is 12.8 Å². The number of carbonyl (C=O) groups is 2. The van der Waals surface area contributed by atoms with E-state index in [2.05, 4.69) is 32.3 Å². The van der Waals surface area contributed by atoms with Gasteiger partial charge in [-0.1, -0.05) is 31.8 Å². The van der Waals surface area contributed by atoms with Crippen LogP contribution in [0.2, 0.25) is 19.6 Å². The summed E-state index contributed by atoms with van der Waals surface area (Å²) in [4.78, 5) is 24.0. The number of hydrogen-bond acceptors (Lipinski definition) is 4. The highest BCUT2D eigenvalue weighted by molar-refractivity contribution is 6.80. The van der Waals surface area contributed by atoms with E-state index in [4.69, 9.17) is 9.47 Å². The lowest BCUT2D eigenvalue weighted by Crippen LogP contribution is -2.39. The third kappa shape index (κ3) is 3.26. The predicted molar refractivity (Wildman–Crippen MR) is 75.7 cm³/mol. The van der Waals surface area contributed by atoms with Crippen LogP contribution in [0.15, 0.2) is 12.2 Å². The topological polar surface area (TPSA) is 52.6 Å². The van der Waals surface area contributed by atoms with Gasteiger partial charge in [-0.3, -0.25) is 9.59 Å². The summed E-state index contributed by atoms with van der Waals surface area (Å²) >= 11 is 0. The van der Waals surface area contributed by atoms with Crippen molar-refractivity contribution in [2.24, 2.45) is 5.41 Å². The van der Waals surface area contributed by atoms with Crippen LogP contribution in [0.4, 0.5) is 0 Å². The van der Waals surface area contributed by atoms with Gasteiger partial charge in [-0.15, -0.1) is 0 Å². The van der Waals surface area contributed by atoms with Gasteiger partial charge in [-0.2, -0.15) is 0 Å². The van der Waals surface area contributed by atoms with E-state index in [0.717, 1.165) is 11.5 Å². The average molecular weight is 282 g/mol. The zero-order chi connectivity index (χ0) is 14.8. The van der Waals surface area contributed by atoms with Crippen molar-refractivity contribution >= 4 is 20.0 Å². The van der Waals surface area contributed by atoms with Gasteiger partial charge in [-0.25, -0.2) is 0 Å². The minimum Gasteiger partial charge on any atom is -0.468 e. The summed E-state index contributed by atoms with van der Waals surface area (Å²) in [6.45, 7) is 10.6. The lowest BCUT2D eigenvalue weighted by atomic mass is 9.85. The maximum atomic E-state index is 12.0. The molecular formula is C14H22O4Si. The van der Waals surface area contributed by atoms with Crippen molar-refractivity contribution < 1.29 is 19.1 Å². The van der Waals surface area contributed by atoms with E-state index in [1.807, 2.05) is 0 Å². The summed E-state index contributed by atoms with van der Waals surface area (Å²) in [5.74, 6) is -0.0890. The van der Waals surface area contributed by atoms with E-state index in [9.17, 15) is 9.59 Å². The molecule has 0 bridgehead atoms. The summed E-state index contributed by atoms with van der Waals surface area (Å²) in [6.07, 6.45) is 0.609. The van der Waals surface area contributed by atoms with Crippen molar-refractivity contribution in [3.8, 4) is 0 Å². The largest absolute Gasteiger partial charge is 0.468 e. The number of hydrogen-bond donors (Lipinski definition) is 0. The van der Waals surface area contributed by atoms with Gasteiger partial charge in [0.25, 0.3) is 0 Å². The van der Waals surface area contributed by atoms with Gasteiger partial charge < -0.3 is 9.47 Å². The Balaban J connectivity index is 3.02. The van der Waals surface area contributed by atoms with Crippen molar-refractivity contribution in [2.75, 3.05) is 14.2 Å². The molecule has 1 aliphatic carbocycles. The summed E-state index contributed by atoms with van der Waals surface area (Å²) in [5.41, 5.74) is -0.412. The number of rotatable bonds is 4. The number of ether oxygens (including phenoxy) is 2. The molecular weight excluding hydrogens is 260 g/mol. The summed E-state index contributed by atoms with van der Waals surface area (Å²) in [7, 11) is 1.13. The standard InChI is InChI=1S/C14H22O4Si/c1-10-7-14(12(15)17-2,13(16)18-3)8-11(10)9-19(4,5)6/h9H,1,7-8H2,2-6H3. The molecule has 0 amide bonds. The highest BCUT2D eigenvalue weighted by atomic mass is 28.3. The van der Waals surface area contributed by atoms with Gasteiger partial charge in [0.05, 0.1) is 14.2 Å². The molecule has 4 nitrogen and oxygen atoms in total. The molecule has 106 valence electrons. The zero-order valence-corrected chi connectivity index (χ0v) is 13.3. The molecule has 1 aliphatic rings. The van der Waals surface area contributed by atoms with Gasteiger partial charge in [0.2, 0.25) is 0 Å². The molecule has 1 rings (SSSR count). The Morgan fingerprint density at radius 3 is 2.00 bits per heavy atom. The smallest absolute Gasteiger partial charge is 0.323 e. The van der Waals surface area contributed by atoms with Crippen molar-refractivity contribution in [3.63, 3.8) is 0 Å². The van der Waals surface area contributed by atoms with Crippen LogP contribution in [-0.2, 0) is 19.1 Å². The Bertz CT molecular complexity index is 379. The van der Waals surface area contributed by atoms with Gasteiger partial charge >= 0.3 is 11.9 Å². The fourth-order valence-corrected chi connectivity index (χ4v) is 3.78. The molecule has 0 saturated heterocycles. The molecule has 0 N–H and O–H groups in total. The molecule has 0 aromatic carbocycles. The number of esters is 2. The third-order valence-electron chi connectivity index (χ3n) is 3.22. The molecule has 2 radical (unpaired) electrons. The van der Waals surface area contributed by atoms with Crippen LogP contribution >= 0.6 is 0 Å². The number of allylic oxidation sites excluding steroid dienone is 1. The second-order valence-electron chi connectivity index (χ2n) is 6.06. The SMILES string of the molecule is C=C1CC(C(=O)OC)(C(=O)OC)C[C]1[CH][Si](C)(C)C. The second-order valence-corrected chi connectivity index (χ2v) is 11.1. The highest BCUT2D eigenvalue weighted by Gasteiger charge is 2.55. The molecule has 0 heterocycles. The number of carbonyl (C=O) groups excluding carboxylic acids is 2. The van der Waals surface area contributed by atoms with Crippen LogP contribution in [0.3, 0.4) is 0 Å². The van der Waals surface area contributed by atoms with Crippen molar-refractivity contribution in [1.29, 1.82) is 0 Å². The molecule has 1 fully saturated rings. The molecule has 1 saturated carbocycles. The Morgan fingerprint density at radius 2 is 1.63 bits per heavy atom. The summed E-state index contributed by atoms with van der Waals surface area (Å²) in [5, 5.41) is 0. The number of methoxy groups -OCH3 is 2. The Kier molecular flexibility index (Phi) is 4.61. The summed E-state index contributed by atoms with van der Waals surface area (Å²) < 4.78 is 9.58. The van der Waals surface area contributed by atoms with Crippen LogP contribution in [0.25, 0.3) is 0 Å². The fraction of sp³-hybridized carbons (Fsp3) is 0.571. The minimum atomic E-state index is -1.44. The van der Waals surface area contributed by atoms with E-state index in [1.165, 1.54) is 14.2 Å². The Hall–Kier alpha value is -1.10. The second kappa shape index (κ2) is 5.49. The zero-order valence-electron chi connectivity index (χ0n) is 12.3. The Labute approximate surface area is 116 Å². The van der Waals surface area contributed by atoms with Crippen molar-refractivity contribution in [2.45, 2.75) is 32.5 Å². The monoisotopic (exact) mass is 282 g/mol. The first-order valence-corrected chi connectivity index (χ1v) is 9.81. The molecule has 0 aromatic rings. The highest BCUT2D eigenvalue weighted by Crippen LogP contribution is 2.49. The van der Waals surface area contributed by atoms with Crippen LogP contribution in [0, 0.1) is 17.4 Å². The van der Waals surface area contributed by atoms with E-state index in [-0.39, 0.29) is 6.42 Å². The van der Waals surface area contributed by atoms with Crippen LogP contribution in [0.5, 0.6) is 0 Å². The minimum absolute atomic E-state index is 0.280. The van der Waals surface area contributed by atoms with Crippen LogP contribution < -0.4 is 0 Å². The lowest BCUT2D eigenvalue weighted by Gasteiger charge is -2.24. The lowest BCUT2D eigenvalue weighted by molar-refractivity contribution is -0.168. The van der Waals surface area contributed by atoms with Crippen molar-refractivity contribution in [3.05, 3.63) is 24.1 Å². The Morgan fingerprint density at radius 1 is 1.16 bits per heavy atom. The maximum absolute atomic E-state index is 12.0. The van der Waals surface area contributed by atoms with Gasteiger partial charge in [0.1, 0.15) is 0 Å². The van der Waals surface area contributed by atoms with E-state index in [0.29, 0.717) is 6.42 Å². The third-order valence-corrected chi connectivity index (χ3v) is 4.44. The molecule has 0 unspecified atom stereocenters. The first-order valence-electron chi connectivity index (χ1n) is 6.23. The molecule has 5 heteroatoms. The van der Waals surface area contributed by atoms with E-state index in [1.54, 1.807) is 0 Å². The first kappa shape index (κ1) is 16.0. The molecule has 0 atom stereocenters. The average Bonchev–Trinajstić information content (AvgIpc) is 2.63. The fourth-order valence-electron chi connectivity index (χ4n) is 2.43. The quantitative estimate of drug-likeness (QED) is 0.451. The van der Waals surface area contributed by atoms with Gasteiger partial charge in [0, 0.05) is 14.0 Å². The van der Waals surface area contributed by atoms with Gasteiger partial charge in [0.15, 0.2) is 5.41 Å². The molecule has 19 heavy (non-hydrogen) atoms. The van der Waals surface area contributed by atoms with Crippen molar-refractivity contribution in [1.82, 2.24) is 0 Å².